The summed E-state index contributed by atoms with van der Waals surface area (Å²) in [4.78, 5) is 31.3. The maximum atomic E-state index is 12.9. The van der Waals surface area contributed by atoms with Gasteiger partial charge in [-0.25, -0.2) is 4.98 Å². The van der Waals surface area contributed by atoms with Gasteiger partial charge in [0.25, 0.3) is 5.91 Å². The summed E-state index contributed by atoms with van der Waals surface area (Å²) in [6.07, 6.45) is 1.77. The van der Waals surface area contributed by atoms with Crippen molar-refractivity contribution in [2.24, 2.45) is 0 Å². The monoisotopic (exact) mass is 444 g/mol. The second kappa shape index (κ2) is 8.43. The van der Waals surface area contributed by atoms with Gasteiger partial charge in [0.05, 0.1) is 18.7 Å². The van der Waals surface area contributed by atoms with Crippen LogP contribution >= 0.6 is 15.9 Å². The highest BCUT2D eigenvalue weighted by Crippen LogP contribution is 2.23. The molecule has 0 spiro atoms. The van der Waals surface area contributed by atoms with Gasteiger partial charge in [-0.3, -0.25) is 14.0 Å². The molecule has 0 aliphatic rings. The summed E-state index contributed by atoms with van der Waals surface area (Å²) in [5.74, 6) is -0.227. The molecule has 0 aliphatic heterocycles. The topological polar surface area (TPSA) is 75.9 Å². The standard InChI is InChI=1S/C20H21BrN4O3/c1-4-28-18(26)11-16-19(25-12-14(21)8-9-17(25)22-16)23-20(27)13-6-5-7-15(10-13)24(2)3/h5-10,12H,4,11H2,1-3H3,(H,23,27). The zero-order valence-corrected chi connectivity index (χ0v) is 17.5. The zero-order valence-electron chi connectivity index (χ0n) is 15.9. The minimum absolute atomic E-state index is 0.0273. The number of carbonyl (C=O) groups is 2. The summed E-state index contributed by atoms with van der Waals surface area (Å²) in [5, 5.41) is 2.91. The molecule has 0 radical (unpaired) electrons. The van der Waals surface area contributed by atoms with Crippen LogP contribution in [0.5, 0.6) is 0 Å². The molecule has 146 valence electrons. The van der Waals surface area contributed by atoms with Gasteiger partial charge >= 0.3 is 5.97 Å². The molecule has 0 bridgehead atoms. The Labute approximate surface area is 171 Å². The Hall–Kier alpha value is -2.87. The van der Waals surface area contributed by atoms with Crippen LogP contribution in [-0.2, 0) is 16.0 Å². The van der Waals surface area contributed by atoms with Crippen LogP contribution in [0.4, 0.5) is 11.5 Å². The van der Waals surface area contributed by atoms with Gasteiger partial charge in [0.15, 0.2) is 0 Å². The molecule has 2 heterocycles. The second-order valence-electron chi connectivity index (χ2n) is 6.36. The van der Waals surface area contributed by atoms with Crippen molar-refractivity contribution in [2.45, 2.75) is 13.3 Å². The number of fused-ring (bicyclic) bond motifs is 1. The fraction of sp³-hybridized carbons (Fsp3) is 0.250. The van der Waals surface area contributed by atoms with Crippen molar-refractivity contribution >= 4 is 45.0 Å². The number of rotatable bonds is 6. The number of hydrogen-bond acceptors (Lipinski definition) is 5. The molecule has 1 amide bonds. The zero-order chi connectivity index (χ0) is 20.3. The molecule has 8 heteroatoms. The van der Waals surface area contributed by atoms with Gasteiger partial charge in [0.2, 0.25) is 0 Å². The molecule has 0 atom stereocenters. The smallest absolute Gasteiger partial charge is 0.312 e. The van der Waals surface area contributed by atoms with Crippen LogP contribution in [0, 0.1) is 0 Å². The molecule has 2 aromatic heterocycles. The van der Waals surface area contributed by atoms with Gasteiger partial charge in [0.1, 0.15) is 11.5 Å². The van der Waals surface area contributed by atoms with E-state index in [9.17, 15) is 9.59 Å². The summed E-state index contributed by atoms with van der Waals surface area (Å²) in [7, 11) is 3.83. The molecule has 0 unspecified atom stereocenters. The highest BCUT2D eigenvalue weighted by Gasteiger charge is 2.19. The van der Waals surface area contributed by atoms with Crippen molar-refractivity contribution in [3.05, 3.63) is 58.3 Å². The van der Waals surface area contributed by atoms with Crippen molar-refractivity contribution in [2.75, 3.05) is 30.9 Å². The molecule has 28 heavy (non-hydrogen) atoms. The lowest BCUT2D eigenvalue weighted by molar-refractivity contribution is -0.142. The van der Waals surface area contributed by atoms with Crippen LogP contribution in [0.25, 0.3) is 5.65 Å². The van der Waals surface area contributed by atoms with Gasteiger partial charge < -0.3 is 15.0 Å². The van der Waals surface area contributed by atoms with Crippen molar-refractivity contribution < 1.29 is 14.3 Å². The van der Waals surface area contributed by atoms with Gasteiger partial charge in [-0.1, -0.05) is 6.07 Å². The van der Waals surface area contributed by atoms with Crippen molar-refractivity contribution in [1.29, 1.82) is 0 Å². The fourth-order valence-corrected chi connectivity index (χ4v) is 3.11. The van der Waals surface area contributed by atoms with Crippen LogP contribution in [0.2, 0.25) is 0 Å². The number of carbonyl (C=O) groups excluding carboxylic acids is 2. The van der Waals surface area contributed by atoms with Gasteiger partial charge in [-0.05, 0) is 53.2 Å². The van der Waals surface area contributed by atoms with E-state index in [1.165, 1.54) is 0 Å². The van der Waals surface area contributed by atoms with Crippen LogP contribution < -0.4 is 10.2 Å². The largest absolute Gasteiger partial charge is 0.466 e. The Bertz CT molecular complexity index is 1030. The molecule has 0 aliphatic carbocycles. The molecule has 3 rings (SSSR count). The highest BCUT2D eigenvalue weighted by atomic mass is 79.9. The minimum atomic E-state index is -0.393. The Balaban J connectivity index is 1.98. The van der Waals surface area contributed by atoms with Gasteiger partial charge in [-0.2, -0.15) is 0 Å². The molecular weight excluding hydrogens is 424 g/mol. The van der Waals surface area contributed by atoms with Gasteiger partial charge in [0, 0.05) is 36.0 Å². The van der Waals surface area contributed by atoms with Crippen molar-refractivity contribution in [1.82, 2.24) is 9.38 Å². The summed E-state index contributed by atoms with van der Waals surface area (Å²) in [5.41, 5.74) is 2.51. The minimum Gasteiger partial charge on any atom is -0.466 e. The van der Waals surface area contributed by atoms with E-state index in [4.69, 9.17) is 4.74 Å². The van der Waals surface area contributed by atoms with E-state index < -0.39 is 5.97 Å². The van der Waals surface area contributed by atoms with E-state index in [0.717, 1.165) is 10.2 Å². The molecule has 1 N–H and O–H groups in total. The number of imidazole rings is 1. The lowest BCUT2D eigenvalue weighted by atomic mass is 10.1. The number of aromatic nitrogens is 2. The molecule has 0 fully saturated rings. The third kappa shape index (κ3) is 4.33. The molecular formula is C20H21BrN4O3. The summed E-state index contributed by atoms with van der Waals surface area (Å²) < 4.78 is 7.60. The first-order valence-electron chi connectivity index (χ1n) is 8.80. The number of pyridine rings is 1. The molecule has 0 saturated carbocycles. The van der Waals surface area contributed by atoms with Crippen LogP contribution in [0.1, 0.15) is 23.0 Å². The Morgan fingerprint density at radius 3 is 2.75 bits per heavy atom. The summed E-state index contributed by atoms with van der Waals surface area (Å²) in [6, 6.07) is 11.0. The summed E-state index contributed by atoms with van der Waals surface area (Å²) in [6.45, 7) is 2.04. The first kappa shape index (κ1) is 19.9. The number of amides is 1. The summed E-state index contributed by atoms with van der Waals surface area (Å²) >= 11 is 3.43. The van der Waals surface area contributed by atoms with E-state index >= 15 is 0 Å². The van der Waals surface area contributed by atoms with Crippen LogP contribution in [0.3, 0.4) is 0 Å². The van der Waals surface area contributed by atoms with Crippen molar-refractivity contribution in [3.63, 3.8) is 0 Å². The number of hydrogen-bond donors (Lipinski definition) is 1. The van der Waals surface area contributed by atoms with Gasteiger partial charge in [-0.15, -0.1) is 0 Å². The number of ether oxygens (including phenoxy) is 1. The van der Waals surface area contributed by atoms with E-state index in [2.05, 4.69) is 26.2 Å². The molecule has 0 saturated heterocycles. The number of nitrogens with zero attached hydrogens (tertiary/aromatic N) is 3. The molecule has 7 nitrogen and oxygen atoms in total. The average Bonchev–Trinajstić information content (AvgIpc) is 2.98. The predicted molar refractivity (Wildman–Crippen MR) is 112 cm³/mol. The first-order chi connectivity index (χ1) is 13.4. The normalized spacial score (nSPS) is 10.7. The number of esters is 1. The predicted octanol–water partition coefficient (Wildman–Crippen LogP) is 3.52. The fourth-order valence-electron chi connectivity index (χ4n) is 2.78. The van der Waals surface area contributed by atoms with E-state index in [1.54, 1.807) is 35.7 Å². The molecule has 3 aromatic rings. The average molecular weight is 445 g/mol. The Morgan fingerprint density at radius 2 is 2.04 bits per heavy atom. The maximum absolute atomic E-state index is 12.9. The lowest BCUT2D eigenvalue weighted by Crippen LogP contribution is -2.17. The number of anilines is 2. The Kier molecular flexibility index (Phi) is 5.99. The maximum Gasteiger partial charge on any atom is 0.312 e. The quantitative estimate of drug-likeness (QED) is 0.588. The highest BCUT2D eigenvalue weighted by molar-refractivity contribution is 9.10. The third-order valence-corrected chi connectivity index (χ3v) is 4.60. The Morgan fingerprint density at radius 1 is 1.25 bits per heavy atom. The first-order valence-corrected chi connectivity index (χ1v) is 9.59. The third-order valence-electron chi connectivity index (χ3n) is 4.13. The van der Waals surface area contributed by atoms with E-state index in [0.29, 0.717) is 22.7 Å². The second-order valence-corrected chi connectivity index (χ2v) is 7.28. The van der Waals surface area contributed by atoms with Crippen molar-refractivity contribution in [3.8, 4) is 0 Å². The lowest BCUT2D eigenvalue weighted by Gasteiger charge is -2.14. The SMILES string of the molecule is CCOC(=O)Cc1nc2ccc(Br)cn2c1NC(=O)c1cccc(N(C)C)c1. The number of nitrogens with one attached hydrogen (secondary N) is 1. The number of benzene rings is 1. The molecule has 1 aromatic carbocycles. The van der Waals surface area contributed by atoms with Crippen LogP contribution in [-0.4, -0.2) is 42.0 Å². The van der Waals surface area contributed by atoms with E-state index in [-0.39, 0.29) is 18.9 Å². The van der Waals surface area contributed by atoms with Crippen LogP contribution in [0.15, 0.2) is 47.1 Å². The van der Waals surface area contributed by atoms with E-state index in [1.807, 2.05) is 37.2 Å². The number of halogens is 1.